The summed E-state index contributed by atoms with van der Waals surface area (Å²) in [5.74, 6) is -0.542. The summed E-state index contributed by atoms with van der Waals surface area (Å²) in [5, 5.41) is 17.7. The predicted octanol–water partition coefficient (Wildman–Crippen LogP) is 1.78. The van der Waals surface area contributed by atoms with Gasteiger partial charge in [-0.2, -0.15) is 5.26 Å². The zero-order chi connectivity index (χ0) is 12.4. The van der Waals surface area contributed by atoms with Crippen LogP contribution >= 0.6 is 0 Å². The van der Waals surface area contributed by atoms with Crippen LogP contribution in [0.25, 0.3) is 0 Å². The van der Waals surface area contributed by atoms with E-state index in [1.165, 1.54) is 0 Å². The monoisotopic (exact) mass is 230 g/mol. The van der Waals surface area contributed by atoms with Gasteiger partial charge >= 0.3 is 5.97 Å². The first-order valence-electron chi connectivity index (χ1n) is 5.57. The van der Waals surface area contributed by atoms with Crippen molar-refractivity contribution in [3.63, 3.8) is 0 Å². The molecule has 1 fully saturated rings. The minimum Gasteiger partial charge on any atom is -0.481 e. The van der Waals surface area contributed by atoms with Crippen molar-refractivity contribution in [1.82, 2.24) is 0 Å². The number of aryl methyl sites for hydroxylation is 1. The number of hydrogen-bond donors (Lipinski definition) is 1. The molecule has 0 aliphatic carbocycles. The van der Waals surface area contributed by atoms with Crippen LogP contribution in [0.15, 0.2) is 18.2 Å². The van der Waals surface area contributed by atoms with Gasteiger partial charge in [-0.05, 0) is 24.6 Å². The number of benzene rings is 1. The highest BCUT2D eigenvalue weighted by molar-refractivity contribution is 5.68. The molecular formula is C13H14N2O2. The molecule has 0 radical (unpaired) electrons. The fourth-order valence-electron chi connectivity index (χ4n) is 2.16. The van der Waals surface area contributed by atoms with E-state index >= 15 is 0 Å². The average Bonchev–Trinajstić information content (AvgIpc) is 2.23. The van der Waals surface area contributed by atoms with Crippen LogP contribution in [-0.2, 0) is 4.79 Å². The zero-order valence-corrected chi connectivity index (χ0v) is 9.68. The maximum Gasteiger partial charge on any atom is 0.303 e. The topological polar surface area (TPSA) is 64.3 Å². The molecule has 0 unspecified atom stereocenters. The maximum absolute atomic E-state index is 10.5. The van der Waals surface area contributed by atoms with Crippen molar-refractivity contribution < 1.29 is 9.90 Å². The lowest BCUT2D eigenvalue weighted by atomic mass is 9.94. The lowest BCUT2D eigenvalue weighted by Crippen LogP contribution is -2.47. The van der Waals surface area contributed by atoms with Gasteiger partial charge in [0.15, 0.2) is 0 Å². The molecule has 0 saturated carbocycles. The molecule has 1 aliphatic heterocycles. The van der Waals surface area contributed by atoms with Crippen LogP contribution < -0.4 is 4.90 Å². The highest BCUT2D eigenvalue weighted by Crippen LogP contribution is 2.29. The summed E-state index contributed by atoms with van der Waals surface area (Å²) >= 11 is 0. The molecular weight excluding hydrogens is 216 g/mol. The van der Waals surface area contributed by atoms with Crippen LogP contribution in [-0.4, -0.2) is 24.2 Å². The number of aliphatic carboxylic acids is 1. The van der Waals surface area contributed by atoms with E-state index in [1.807, 2.05) is 25.1 Å². The number of carboxylic acids is 1. The number of carbonyl (C=O) groups is 1. The molecule has 0 bridgehead atoms. The smallest absolute Gasteiger partial charge is 0.303 e. The van der Waals surface area contributed by atoms with Crippen LogP contribution in [0.4, 0.5) is 5.69 Å². The summed E-state index contributed by atoms with van der Waals surface area (Å²) in [7, 11) is 0. The van der Waals surface area contributed by atoms with E-state index in [0.717, 1.165) is 24.3 Å². The third kappa shape index (κ3) is 2.39. The van der Waals surface area contributed by atoms with Crippen LogP contribution in [0, 0.1) is 24.2 Å². The van der Waals surface area contributed by atoms with Gasteiger partial charge < -0.3 is 10.0 Å². The Bertz CT molecular complexity index is 485. The van der Waals surface area contributed by atoms with Gasteiger partial charge in [-0.15, -0.1) is 0 Å². The number of anilines is 1. The Balaban J connectivity index is 2.06. The van der Waals surface area contributed by atoms with Crippen molar-refractivity contribution in [3.8, 4) is 6.07 Å². The molecule has 1 aromatic carbocycles. The number of hydrogen-bond acceptors (Lipinski definition) is 3. The van der Waals surface area contributed by atoms with E-state index in [0.29, 0.717) is 5.56 Å². The molecule has 1 aromatic rings. The number of nitriles is 1. The minimum absolute atomic E-state index is 0.209. The SMILES string of the molecule is Cc1ccc(N2CC(CC(=O)O)C2)c(C#N)c1. The normalized spacial score (nSPS) is 15.2. The van der Waals surface area contributed by atoms with Crippen LogP contribution in [0.1, 0.15) is 17.5 Å². The van der Waals surface area contributed by atoms with E-state index in [9.17, 15) is 4.79 Å². The molecule has 4 nitrogen and oxygen atoms in total. The Morgan fingerprint density at radius 1 is 1.59 bits per heavy atom. The van der Waals surface area contributed by atoms with Crippen molar-refractivity contribution >= 4 is 11.7 Å². The first-order chi connectivity index (χ1) is 8.10. The van der Waals surface area contributed by atoms with E-state index in [2.05, 4.69) is 11.0 Å². The third-order valence-corrected chi connectivity index (χ3v) is 3.03. The fourth-order valence-corrected chi connectivity index (χ4v) is 2.16. The molecule has 17 heavy (non-hydrogen) atoms. The van der Waals surface area contributed by atoms with Crippen molar-refractivity contribution in [3.05, 3.63) is 29.3 Å². The summed E-state index contributed by atoms with van der Waals surface area (Å²) < 4.78 is 0. The Labute approximate surface area is 100 Å². The van der Waals surface area contributed by atoms with E-state index in [4.69, 9.17) is 10.4 Å². The highest BCUT2D eigenvalue weighted by Gasteiger charge is 2.29. The quantitative estimate of drug-likeness (QED) is 0.859. The number of carboxylic acid groups (broad SMARTS) is 1. The van der Waals surface area contributed by atoms with Crippen molar-refractivity contribution in [2.45, 2.75) is 13.3 Å². The van der Waals surface area contributed by atoms with Gasteiger partial charge in [-0.25, -0.2) is 0 Å². The summed E-state index contributed by atoms with van der Waals surface area (Å²) in [4.78, 5) is 12.6. The molecule has 1 aliphatic rings. The second kappa shape index (κ2) is 4.46. The Hall–Kier alpha value is -2.02. The van der Waals surface area contributed by atoms with E-state index < -0.39 is 5.97 Å². The van der Waals surface area contributed by atoms with Gasteiger partial charge in [0.25, 0.3) is 0 Å². The largest absolute Gasteiger partial charge is 0.481 e. The molecule has 0 atom stereocenters. The molecule has 0 spiro atoms. The Morgan fingerprint density at radius 3 is 2.88 bits per heavy atom. The molecule has 1 N–H and O–H groups in total. The van der Waals surface area contributed by atoms with Gasteiger partial charge in [0, 0.05) is 19.0 Å². The zero-order valence-electron chi connectivity index (χ0n) is 9.68. The van der Waals surface area contributed by atoms with Crippen molar-refractivity contribution in [1.29, 1.82) is 5.26 Å². The van der Waals surface area contributed by atoms with Crippen LogP contribution in [0.3, 0.4) is 0 Å². The Kier molecular flexibility index (Phi) is 3.01. The van der Waals surface area contributed by atoms with Crippen LogP contribution in [0.2, 0.25) is 0 Å². The summed E-state index contributed by atoms with van der Waals surface area (Å²) in [6.45, 7) is 3.40. The van der Waals surface area contributed by atoms with E-state index in [1.54, 1.807) is 0 Å². The maximum atomic E-state index is 10.5. The number of rotatable bonds is 3. The second-order valence-corrected chi connectivity index (χ2v) is 4.50. The molecule has 88 valence electrons. The molecule has 4 heteroatoms. The minimum atomic E-state index is -0.751. The summed E-state index contributed by atoms with van der Waals surface area (Å²) in [6, 6.07) is 7.95. The molecule has 2 rings (SSSR count). The predicted molar refractivity (Wildman–Crippen MR) is 63.8 cm³/mol. The molecule has 0 aromatic heterocycles. The van der Waals surface area contributed by atoms with Gasteiger partial charge in [-0.3, -0.25) is 4.79 Å². The molecule has 0 amide bonds. The van der Waals surface area contributed by atoms with Gasteiger partial charge in [0.05, 0.1) is 17.7 Å². The molecule has 1 heterocycles. The first-order valence-corrected chi connectivity index (χ1v) is 5.57. The van der Waals surface area contributed by atoms with Crippen molar-refractivity contribution in [2.75, 3.05) is 18.0 Å². The molecule has 1 saturated heterocycles. The first kappa shape index (κ1) is 11.5. The van der Waals surface area contributed by atoms with Gasteiger partial charge in [-0.1, -0.05) is 6.07 Å². The summed E-state index contributed by atoms with van der Waals surface area (Å²) in [5.41, 5.74) is 2.64. The summed E-state index contributed by atoms with van der Waals surface area (Å²) in [6.07, 6.45) is 0.213. The van der Waals surface area contributed by atoms with Gasteiger partial charge in [0.1, 0.15) is 6.07 Å². The van der Waals surface area contributed by atoms with E-state index in [-0.39, 0.29) is 12.3 Å². The van der Waals surface area contributed by atoms with Gasteiger partial charge in [0.2, 0.25) is 0 Å². The second-order valence-electron chi connectivity index (χ2n) is 4.50. The number of nitrogens with zero attached hydrogens (tertiary/aromatic N) is 2. The van der Waals surface area contributed by atoms with Crippen molar-refractivity contribution in [2.24, 2.45) is 5.92 Å². The average molecular weight is 230 g/mol. The fraction of sp³-hybridized carbons (Fsp3) is 0.385. The lowest BCUT2D eigenvalue weighted by molar-refractivity contribution is -0.138. The standard InChI is InChI=1S/C13H14N2O2/c1-9-2-3-12(11(4-9)6-14)15-7-10(8-15)5-13(16)17/h2-4,10H,5,7-8H2,1H3,(H,16,17). The lowest BCUT2D eigenvalue weighted by Gasteiger charge is -2.40. The Morgan fingerprint density at radius 2 is 2.29 bits per heavy atom. The van der Waals surface area contributed by atoms with Crippen LogP contribution in [0.5, 0.6) is 0 Å². The third-order valence-electron chi connectivity index (χ3n) is 3.03. The highest BCUT2D eigenvalue weighted by atomic mass is 16.4.